The smallest absolute Gasteiger partial charge is 0.187 e. The van der Waals surface area contributed by atoms with Crippen molar-refractivity contribution in [3.63, 3.8) is 0 Å². The fourth-order valence-corrected chi connectivity index (χ4v) is 4.78. The molecule has 0 amide bonds. The molecule has 9 atom stereocenters. The fourth-order valence-electron chi connectivity index (χ4n) is 4.78. The van der Waals surface area contributed by atoms with Gasteiger partial charge in [-0.15, -0.1) is 0 Å². The maximum atomic E-state index is 10.1. The second-order valence-corrected chi connectivity index (χ2v) is 8.91. The van der Waals surface area contributed by atoms with Gasteiger partial charge in [0.1, 0.15) is 35.6 Å². The van der Waals surface area contributed by atoms with Crippen LogP contribution in [0.5, 0.6) is 0 Å². The van der Waals surface area contributed by atoms with E-state index in [-0.39, 0.29) is 5.41 Å². The summed E-state index contributed by atoms with van der Waals surface area (Å²) in [6.45, 7) is 7.38. The van der Waals surface area contributed by atoms with Gasteiger partial charge >= 0.3 is 0 Å². The standard InChI is InChI=1S/C19H32O8/c1-10(25-16-15(24)14(23)13(22)12(9-20)26-16)5-6-19-17(2,3)7-11(21)8-18(19,4)27-19/h5-6,10-16,20-24H,7-9H2,1-4H3/t10-,11+,12+,13+,14-,15+,16+,18-,19+/m1/s1. The second kappa shape index (κ2) is 7.03. The lowest BCUT2D eigenvalue weighted by atomic mass is 9.63. The van der Waals surface area contributed by atoms with Gasteiger partial charge in [-0.25, -0.2) is 0 Å². The van der Waals surface area contributed by atoms with Gasteiger partial charge < -0.3 is 39.7 Å². The van der Waals surface area contributed by atoms with Crippen molar-refractivity contribution in [2.24, 2.45) is 5.41 Å². The number of aliphatic hydroxyl groups excluding tert-OH is 5. The number of rotatable bonds is 5. The first kappa shape index (κ1) is 21.1. The Balaban J connectivity index is 1.67. The van der Waals surface area contributed by atoms with Crippen LogP contribution in [-0.2, 0) is 14.2 Å². The van der Waals surface area contributed by atoms with Crippen molar-refractivity contribution < 1.29 is 39.7 Å². The molecule has 8 heteroatoms. The predicted molar refractivity (Wildman–Crippen MR) is 94.7 cm³/mol. The maximum absolute atomic E-state index is 10.1. The van der Waals surface area contributed by atoms with Crippen molar-refractivity contribution in [3.05, 3.63) is 12.2 Å². The zero-order chi connectivity index (χ0) is 20.2. The molecule has 3 aliphatic rings. The molecule has 0 radical (unpaired) electrons. The molecule has 0 bridgehead atoms. The van der Waals surface area contributed by atoms with Crippen LogP contribution in [0.2, 0.25) is 0 Å². The molecule has 2 aliphatic heterocycles. The van der Waals surface area contributed by atoms with Gasteiger partial charge in [-0.05, 0) is 20.3 Å². The summed E-state index contributed by atoms with van der Waals surface area (Å²) in [5.41, 5.74) is -1.17. The molecule has 0 spiro atoms. The number of hydrogen-bond acceptors (Lipinski definition) is 8. The maximum Gasteiger partial charge on any atom is 0.187 e. The summed E-state index contributed by atoms with van der Waals surface area (Å²) in [4.78, 5) is 0. The van der Waals surface area contributed by atoms with E-state index in [1.165, 1.54) is 0 Å². The van der Waals surface area contributed by atoms with Gasteiger partial charge in [0.25, 0.3) is 0 Å². The minimum absolute atomic E-state index is 0.251. The molecular weight excluding hydrogens is 356 g/mol. The highest BCUT2D eigenvalue weighted by molar-refractivity contribution is 5.32. The molecule has 2 heterocycles. The Labute approximate surface area is 159 Å². The zero-order valence-corrected chi connectivity index (χ0v) is 16.3. The summed E-state index contributed by atoms with van der Waals surface area (Å²) in [5, 5.41) is 49.1. The molecular formula is C19H32O8. The quantitative estimate of drug-likeness (QED) is 0.313. The average Bonchev–Trinajstić information content (AvgIpc) is 3.19. The highest BCUT2D eigenvalue weighted by atomic mass is 16.7. The van der Waals surface area contributed by atoms with E-state index in [9.17, 15) is 25.5 Å². The van der Waals surface area contributed by atoms with E-state index in [1.54, 1.807) is 6.92 Å². The van der Waals surface area contributed by atoms with Gasteiger partial charge in [0.15, 0.2) is 6.29 Å². The Hall–Kier alpha value is -0.580. The third-order valence-electron chi connectivity index (χ3n) is 6.31. The Morgan fingerprint density at radius 3 is 2.33 bits per heavy atom. The predicted octanol–water partition coefficient (Wildman–Crippen LogP) is -0.544. The number of fused-ring (bicyclic) bond motifs is 1. The molecule has 5 N–H and O–H groups in total. The first-order valence-corrected chi connectivity index (χ1v) is 9.50. The first-order valence-electron chi connectivity index (χ1n) is 9.50. The molecule has 0 unspecified atom stereocenters. The average molecular weight is 388 g/mol. The summed E-state index contributed by atoms with van der Waals surface area (Å²) in [6, 6.07) is 0. The van der Waals surface area contributed by atoms with Gasteiger partial charge in [0, 0.05) is 11.8 Å². The van der Waals surface area contributed by atoms with Crippen LogP contribution in [0.15, 0.2) is 12.2 Å². The minimum atomic E-state index is -1.47. The van der Waals surface area contributed by atoms with Gasteiger partial charge in [0.2, 0.25) is 0 Å². The lowest BCUT2D eigenvalue weighted by molar-refractivity contribution is -0.306. The van der Waals surface area contributed by atoms with E-state index >= 15 is 0 Å². The Morgan fingerprint density at radius 1 is 1.07 bits per heavy atom. The van der Waals surface area contributed by atoms with Gasteiger partial charge in [-0.1, -0.05) is 26.0 Å². The summed E-state index contributed by atoms with van der Waals surface area (Å²) < 4.78 is 17.1. The summed E-state index contributed by atoms with van der Waals surface area (Å²) >= 11 is 0. The van der Waals surface area contributed by atoms with Crippen molar-refractivity contribution in [1.82, 2.24) is 0 Å². The molecule has 0 aromatic carbocycles. The van der Waals surface area contributed by atoms with E-state index in [0.717, 1.165) is 0 Å². The van der Waals surface area contributed by atoms with Crippen molar-refractivity contribution in [2.45, 2.75) is 94.7 Å². The molecule has 3 fully saturated rings. The molecule has 8 nitrogen and oxygen atoms in total. The zero-order valence-electron chi connectivity index (χ0n) is 16.3. The summed E-state index contributed by atoms with van der Waals surface area (Å²) in [6.07, 6.45) is -2.39. The van der Waals surface area contributed by atoms with E-state index in [1.807, 2.05) is 19.1 Å². The molecule has 1 saturated carbocycles. The third kappa shape index (κ3) is 3.47. The van der Waals surface area contributed by atoms with Gasteiger partial charge in [-0.2, -0.15) is 0 Å². The largest absolute Gasteiger partial charge is 0.394 e. The fraction of sp³-hybridized carbons (Fsp3) is 0.895. The number of aliphatic hydroxyl groups is 5. The molecule has 27 heavy (non-hydrogen) atoms. The monoisotopic (exact) mass is 388 g/mol. The number of epoxide rings is 1. The Bertz CT molecular complexity index is 578. The van der Waals surface area contributed by atoms with Crippen LogP contribution in [0.4, 0.5) is 0 Å². The third-order valence-corrected chi connectivity index (χ3v) is 6.31. The van der Waals surface area contributed by atoms with Crippen LogP contribution >= 0.6 is 0 Å². The van der Waals surface area contributed by atoms with E-state index in [2.05, 4.69) is 13.8 Å². The molecule has 156 valence electrons. The molecule has 0 aromatic rings. The highest BCUT2D eigenvalue weighted by Crippen LogP contribution is 2.66. The summed E-state index contributed by atoms with van der Waals surface area (Å²) in [5.74, 6) is 0. The summed E-state index contributed by atoms with van der Waals surface area (Å²) in [7, 11) is 0. The van der Waals surface area contributed by atoms with Crippen LogP contribution in [0.1, 0.15) is 40.5 Å². The molecule has 1 aliphatic carbocycles. The lowest BCUT2D eigenvalue weighted by Crippen LogP contribution is -2.59. The first-order chi connectivity index (χ1) is 12.5. The van der Waals surface area contributed by atoms with E-state index < -0.39 is 60.7 Å². The normalized spacial score (nSPS) is 50.4. The Kier molecular flexibility index (Phi) is 5.51. The van der Waals surface area contributed by atoms with Crippen LogP contribution in [0.3, 0.4) is 0 Å². The van der Waals surface area contributed by atoms with Gasteiger partial charge in [-0.3, -0.25) is 0 Å². The van der Waals surface area contributed by atoms with E-state index in [0.29, 0.717) is 12.8 Å². The Morgan fingerprint density at radius 2 is 1.74 bits per heavy atom. The van der Waals surface area contributed by atoms with Crippen molar-refractivity contribution >= 4 is 0 Å². The topological polar surface area (TPSA) is 132 Å². The number of ether oxygens (including phenoxy) is 3. The molecule has 0 aromatic heterocycles. The minimum Gasteiger partial charge on any atom is -0.394 e. The van der Waals surface area contributed by atoms with Crippen LogP contribution < -0.4 is 0 Å². The van der Waals surface area contributed by atoms with Crippen molar-refractivity contribution in [3.8, 4) is 0 Å². The molecule has 2 saturated heterocycles. The van der Waals surface area contributed by atoms with Crippen molar-refractivity contribution in [1.29, 1.82) is 0 Å². The molecule has 3 rings (SSSR count). The second-order valence-electron chi connectivity index (χ2n) is 8.91. The van der Waals surface area contributed by atoms with E-state index in [4.69, 9.17) is 14.2 Å². The van der Waals surface area contributed by atoms with Crippen molar-refractivity contribution in [2.75, 3.05) is 6.61 Å². The van der Waals surface area contributed by atoms with Crippen LogP contribution in [-0.4, -0.2) is 86.3 Å². The van der Waals surface area contributed by atoms with Gasteiger partial charge in [0.05, 0.1) is 18.8 Å². The lowest BCUT2D eigenvalue weighted by Gasteiger charge is -2.40. The number of hydrogen-bond donors (Lipinski definition) is 5. The van der Waals surface area contributed by atoms with Crippen LogP contribution in [0, 0.1) is 5.41 Å². The SMILES string of the molecule is C[C@H](C=C[C@@]12O[C@]1(C)C[C@@H](O)CC2(C)C)O[C@H]1O[C@@H](CO)[C@H](O)[C@@H](O)[C@@H]1O. The van der Waals surface area contributed by atoms with Crippen LogP contribution in [0.25, 0.3) is 0 Å². The highest BCUT2D eigenvalue weighted by Gasteiger charge is 2.74.